The Bertz CT molecular complexity index is 806. The number of fused-ring (bicyclic) bond motifs is 1. The normalized spacial score (nSPS) is 39.6. The van der Waals surface area contributed by atoms with E-state index in [1.807, 2.05) is 32.1 Å². The second kappa shape index (κ2) is 8.31. The Balaban J connectivity index is 2.16. The number of aliphatic hydroxyl groups excluding tert-OH is 2. The number of Topliss-reactive ketones (excluding diaryl/α,β-unsaturated/α-hetero) is 1. The molecule has 1 saturated heterocycles. The average Bonchev–Trinajstić information content (AvgIpc) is 2.96. The van der Waals surface area contributed by atoms with Crippen LogP contribution in [0, 0.1) is 29.1 Å². The van der Waals surface area contributed by atoms with Gasteiger partial charge in [-0.2, -0.15) is 0 Å². The van der Waals surface area contributed by atoms with Crippen LogP contribution in [0.1, 0.15) is 47.0 Å². The first kappa shape index (κ1) is 21.6. The molecule has 3 rings (SSSR count). The Labute approximate surface area is 173 Å². The zero-order valence-electron chi connectivity index (χ0n) is 17.8. The standard InChI is InChI=1S/C24H33NO4/c1-5-6-7-8-17-15(3)12-16-11-14(2)9-10-18(16)24(17,4)22(28)20-21(27)19(13-26)25-23(20)29/h5-8,12,14,16-19,26,28H,9-11,13H2,1-4H3,(H,25,29)/b6-5+,8-7+,22-20-/t14-,16+,17-,18-,19+,24-/m0/s1. The number of allylic oxidation sites excluding steroid dienone is 7. The van der Waals surface area contributed by atoms with Crippen LogP contribution in [0.5, 0.6) is 0 Å². The third kappa shape index (κ3) is 3.61. The third-order valence-corrected chi connectivity index (χ3v) is 7.18. The van der Waals surface area contributed by atoms with Crippen LogP contribution in [-0.4, -0.2) is 34.6 Å². The van der Waals surface area contributed by atoms with Gasteiger partial charge in [0.15, 0.2) is 5.78 Å². The number of aliphatic hydroxyl groups is 2. The predicted octanol–water partition coefficient (Wildman–Crippen LogP) is 3.63. The van der Waals surface area contributed by atoms with Gasteiger partial charge in [0.25, 0.3) is 5.91 Å². The molecule has 6 atom stereocenters. The molecule has 0 spiro atoms. The van der Waals surface area contributed by atoms with Crippen molar-refractivity contribution in [3.63, 3.8) is 0 Å². The van der Waals surface area contributed by atoms with Gasteiger partial charge in [-0.25, -0.2) is 0 Å². The molecule has 3 aliphatic rings. The monoisotopic (exact) mass is 399 g/mol. The Hall–Kier alpha value is -2.14. The second-order valence-electron chi connectivity index (χ2n) is 9.07. The molecule has 0 bridgehead atoms. The molecule has 2 fully saturated rings. The van der Waals surface area contributed by atoms with Gasteiger partial charge in [-0.15, -0.1) is 0 Å². The molecule has 5 heteroatoms. The third-order valence-electron chi connectivity index (χ3n) is 7.18. The molecule has 0 aromatic heterocycles. The minimum atomic E-state index is -0.970. The molecular weight excluding hydrogens is 366 g/mol. The quantitative estimate of drug-likeness (QED) is 0.222. The molecule has 0 radical (unpaired) electrons. The molecule has 2 aliphatic carbocycles. The molecule has 0 aromatic rings. The fourth-order valence-electron chi connectivity index (χ4n) is 5.66. The highest BCUT2D eigenvalue weighted by Gasteiger charge is 2.54. The van der Waals surface area contributed by atoms with Crippen molar-refractivity contribution < 1.29 is 19.8 Å². The van der Waals surface area contributed by atoms with E-state index in [2.05, 4.69) is 31.3 Å². The van der Waals surface area contributed by atoms with Gasteiger partial charge in [0.2, 0.25) is 0 Å². The lowest BCUT2D eigenvalue weighted by Gasteiger charge is -2.52. The summed E-state index contributed by atoms with van der Waals surface area (Å²) in [5.41, 5.74) is 0.220. The van der Waals surface area contributed by atoms with Gasteiger partial charge < -0.3 is 15.5 Å². The van der Waals surface area contributed by atoms with Crippen LogP contribution in [0.2, 0.25) is 0 Å². The van der Waals surface area contributed by atoms with Crippen LogP contribution >= 0.6 is 0 Å². The van der Waals surface area contributed by atoms with Crippen LogP contribution in [0.15, 0.2) is 47.3 Å². The fraction of sp³-hybridized carbons (Fsp3) is 0.583. The molecule has 29 heavy (non-hydrogen) atoms. The predicted molar refractivity (Wildman–Crippen MR) is 113 cm³/mol. The molecule has 0 aromatic carbocycles. The molecule has 0 unspecified atom stereocenters. The van der Waals surface area contributed by atoms with Crippen molar-refractivity contribution in [2.24, 2.45) is 29.1 Å². The van der Waals surface area contributed by atoms with E-state index in [4.69, 9.17) is 0 Å². The van der Waals surface area contributed by atoms with Crippen molar-refractivity contribution in [2.75, 3.05) is 6.61 Å². The van der Waals surface area contributed by atoms with Crippen LogP contribution in [0.4, 0.5) is 0 Å². The van der Waals surface area contributed by atoms with Crippen LogP contribution in [0.3, 0.4) is 0 Å². The summed E-state index contributed by atoms with van der Waals surface area (Å²) in [5.74, 6) is -0.269. The minimum Gasteiger partial charge on any atom is -0.511 e. The lowest BCUT2D eigenvalue weighted by molar-refractivity contribution is -0.118. The summed E-state index contributed by atoms with van der Waals surface area (Å²) in [7, 11) is 0. The Morgan fingerprint density at radius 2 is 2.03 bits per heavy atom. The molecular formula is C24H33NO4. The van der Waals surface area contributed by atoms with Gasteiger partial charge in [-0.05, 0) is 44.4 Å². The Kier molecular flexibility index (Phi) is 6.18. The summed E-state index contributed by atoms with van der Waals surface area (Å²) in [4.78, 5) is 25.3. The van der Waals surface area contributed by atoms with Crippen LogP contribution in [-0.2, 0) is 9.59 Å². The van der Waals surface area contributed by atoms with E-state index < -0.39 is 29.8 Å². The van der Waals surface area contributed by atoms with Crippen LogP contribution in [0.25, 0.3) is 0 Å². The van der Waals surface area contributed by atoms with Crippen molar-refractivity contribution in [3.05, 3.63) is 47.3 Å². The zero-order valence-corrected chi connectivity index (χ0v) is 17.8. The average molecular weight is 400 g/mol. The van der Waals surface area contributed by atoms with Crippen molar-refractivity contribution >= 4 is 11.7 Å². The SMILES string of the molecule is C/C=C/C=C/[C@H]1C(C)=C[C@H]2C[C@@H](C)CC[C@@H]2[C@@]1(C)/C(O)=C1/C(=O)N[C@H](CO)C1=O. The van der Waals surface area contributed by atoms with Crippen molar-refractivity contribution in [3.8, 4) is 0 Å². The van der Waals surface area contributed by atoms with E-state index in [-0.39, 0.29) is 23.2 Å². The molecule has 1 saturated carbocycles. The van der Waals surface area contributed by atoms with Gasteiger partial charge in [0.05, 0.1) is 6.61 Å². The molecule has 3 N–H and O–H groups in total. The molecule has 1 amide bonds. The summed E-state index contributed by atoms with van der Waals surface area (Å²) in [5, 5.41) is 23.4. The summed E-state index contributed by atoms with van der Waals surface area (Å²) in [6, 6.07) is -0.970. The maximum Gasteiger partial charge on any atom is 0.259 e. The van der Waals surface area contributed by atoms with Gasteiger partial charge in [0.1, 0.15) is 17.4 Å². The van der Waals surface area contributed by atoms with Gasteiger partial charge in [0, 0.05) is 11.3 Å². The van der Waals surface area contributed by atoms with Gasteiger partial charge in [-0.1, -0.05) is 56.2 Å². The van der Waals surface area contributed by atoms with E-state index in [1.165, 1.54) is 0 Å². The topological polar surface area (TPSA) is 86.6 Å². The summed E-state index contributed by atoms with van der Waals surface area (Å²) in [6.45, 7) is 7.81. The van der Waals surface area contributed by atoms with Crippen molar-refractivity contribution in [2.45, 2.75) is 53.0 Å². The first-order chi connectivity index (χ1) is 13.7. The van der Waals surface area contributed by atoms with E-state index in [1.54, 1.807) is 0 Å². The number of hydrogen-bond donors (Lipinski definition) is 3. The van der Waals surface area contributed by atoms with Gasteiger partial charge in [-0.3, -0.25) is 9.59 Å². The molecule has 1 aliphatic heterocycles. The number of amides is 1. The van der Waals surface area contributed by atoms with Crippen molar-refractivity contribution in [1.29, 1.82) is 0 Å². The summed E-state index contributed by atoms with van der Waals surface area (Å²) < 4.78 is 0. The van der Waals surface area contributed by atoms with E-state index in [0.29, 0.717) is 11.8 Å². The maximum absolute atomic E-state index is 12.7. The smallest absolute Gasteiger partial charge is 0.259 e. The number of ketones is 1. The molecule has 5 nitrogen and oxygen atoms in total. The maximum atomic E-state index is 12.7. The fourth-order valence-corrected chi connectivity index (χ4v) is 5.66. The van der Waals surface area contributed by atoms with Crippen LogP contribution < -0.4 is 5.32 Å². The minimum absolute atomic E-state index is 0.116. The van der Waals surface area contributed by atoms with E-state index >= 15 is 0 Å². The zero-order chi connectivity index (χ0) is 21.3. The number of carbonyl (C=O) groups excluding carboxylic acids is 2. The lowest BCUT2D eigenvalue weighted by atomic mass is 9.52. The number of hydrogen-bond acceptors (Lipinski definition) is 4. The first-order valence-electron chi connectivity index (χ1n) is 10.6. The number of carbonyl (C=O) groups is 2. The number of nitrogens with one attached hydrogen (secondary N) is 1. The Morgan fingerprint density at radius 1 is 1.31 bits per heavy atom. The first-order valence-corrected chi connectivity index (χ1v) is 10.6. The van der Waals surface area contributed by atoms with Gasteiger partial charge >= 0.3 is 0 Å². The summed E-state index contributed by atoms with van der Waals surface area (Å²) in [6.07, 6.45) is 13.3. The number of rotatable bonds is 4. The molecule has 1 heterocycles. The highest BCUT2D eigenvalue weighted by Crippen LogP contribution is 2.57. The van der Waals surface area contributed by atoms with Crippen molar-refractivity contribution in [1.82, 2.24) is 5.32 Å². The summed E-state index contributed by atoms with van der Waals surface area (Å²) >= 11 is 0. The highest BCUT2D eigenvalue weighted by molar-refractivity contribution is 6.27. The van der Waals surface area contributed by atoms with E-state index in [9.17, 15) is 19.8 Å². The largest absolute Gasteiger partial charge is 0.511 e. The molecule has 158 valence electrons. The second-order valence-corrected chi connectivity index (χ2v) is 9.07. The van der Waals surface area contributed by atoms with E-state index in [0.717, 1.165) is 24.8 Å². The lowest BCUT2D eigenvalue weighted by Crippen LogP contribution is -2.46. The Morgan fingerprint density at radius 3 is 2.66 bits per heavy atom. The highest BCUT2D eigenvalue weighted by atomic mass is 16.3.